The zero-order chi connectivity index (χ0) is 32.0. The monoisotopic (exact) mass is 641 g/mol. The smallest absolute Gasteiger partial charge is 0.410 e. The molecule has 0 radical (unpaired) electrons. The van der Waals surface area contributed by atoms with Crippen molar-refractivity contribution in [3.8, 4) is 0 Å². The maximum atomic E-state index is 13.6. The molecule has 0 spiro atoms. The molecule has 3 heterocycles. The fourth-order valence-electron chi connectivity index (χ4n) is 6.49. The number of hydrogen-bond acceptors (Lipinski definition) is 5. The minimum atomic E-state index is -0.433. The highest BCUT2D eigenvalue weighted by atomic mass is 35.5. The Kier molecular flexibility index (Phi) is 9.88. The number of hydrogen-bond donors (Lipinski definition) is 1. The molecule has 3 aromatic carbocycles. The number of likely N-dealkylation sites (tertiary alicyclic amines) is 2. The number of amides is 3. The third-order valence-corrected chi connectivity index (χ3v) is 9.56. The third-order valence-electron chi connectivity index (χ3n) is 9.20. The van der Waals surface area contributed by atoms with Gasteiger partial charge in [-0.3, -0.25) is 9.59 Å². The number of piperidine rings is 1. The number of halogens is 1. The molecule has 0 aliphatic carbocycles. The predicted molar refractivity (Wildman–Crippen MR) is 178 cm³/mol. The van der Waals surface area contributed by atoms with Gasteiger partial charge in [-0.15, -0.1) is 0 Å². The van der Waals surface area contributed by atoms with E-state index in [1.54, 1.807) is 23.1 Å². The van der Waals surface area contributed by atoms with Crippen molar-refractivity contribution in [1.29, 1.82) is 0 Å². The first kappa shape index (κ1) is 31.6. The van der Waals surface area contributed by atoms with E-state index in [1.807, 2.05) is 66.4 Å². The number of aryl methyl sites for hydroxylation is 1. The molecule has 2 aliphatic heterocycles. The Bertz CT molecular complexity index is 1690. The van der Waals surface area contributed by atoms with Crippen LogP contribution >= 0.6 is 11.8 Å². The molecule has 10 heteroatoms. The Morgan fingerprint density at radius 2 is 1.65 bits per heavy atom. The van der Waals surface area contributed by atoms with E-state index >= 15 is 0 Å². The van der Waals surface area contributed by atoms with Crippen LogP contribution in [-0.2, 0) is 11.3 Å². The van der Waals surface area contributed by atoms with E-state index in [-0.39, 0.29) is 24.5 Å². The summed E-state index contributed by atoms with van der Waals surface area (Å²) in [4.78, 5) is 47.7. The molecule has 1 atom stereocenters. The molecule has 6 rings (SSSR count). The van der Waals surface area contributed by atoms with Crippen LogP contribution in [0.1, 0.15) is 82.2 Å². The quantitative estimate of drug-likeness (QED) is 0.215. The van der Waals surface area contributed by atoms with Gasteiger partial charge < -0.3 is 19.9 Å². The first-order valence-electron chi connectivity index (χ1n) is 16.2. The summed E-state index contributed by atoms with van der Waals surface area (Å²) in [5, 5.41) is 3.19. The van der Waals surface area contributed by atoms with Gasteiger partial charge in [0.25, 0.3) is 11.8 Å². The van der Waals surface area contributed by atoms with Gasteiger partial charge in [-0.05, 0) is 92.8 Å². The van der Waals surface area contributed by atoms with Crippen molar-refractivity contribution in [2.24, 2.45) is 5.92 Å². The number of carbonyl (C=O) groups excluding carboxylic acids is 3. The van der Waals surface area contributed by atoms with E-state index in [0.29, 0.717) is 42.4 Å². The van der Waals surface area contributed by atoms with Crippen molar-refractivity contribution in [3.05, 3.63) is 101 Å². The van der Waals surface area contributed by atoms with Gasteiger partial charge in [0.2, 0.25) is 0 Å². The lowest BCUT2D eigenvalue weighted by Crippen LogP contribution is -2.39. The van der Waals surface area contributed by atoms with Gasteiger partial charge in [-0.25, -0.2) is 13.9 Å². The van der Waals surface area contributed by atoms with Crippen LogP contribution in [0.3, 0.4) is 0 Å². The van der Waals surface area contributed by atoms with Crippen molar-refractivity contribution in [1.82, 2.24) is 24.2 Å². The normalized spacial score (nSPS) is 16.0. The summed E-state index contributed by atoms with van der Waals surface area (Å²) in [5.74, 6) is 0.735. The molecule has 3 amide bonds. The molecular weight excluding hydrogens is 602 g/mol. The Labute approximate surface area is 274 Å². The minimum absolute atomic E-state index is 0.0196. The lowest BCUT2D eigenvalue weighted by molar-refractivity contribution is 0.0790. The molecule has 0 bridgehead atoms. The second-order valence-corrected chi connectivity index (χ2v) is 12.7. The van der Waals surface area contributed by atoms with Crippen LogP contribution in [0.4, 0.5) is 4.79 Å². The zero-order valence-electron chi connectivity index (χ0n) is 26.2. The van der Waals surface area contributed by atoms with E-state index in [9.17, 15) is 14.4 Å². The summed E-state index contributed by atoms with van der Waals surface area (Å²) < 4.78 is 7.07. The van der Waals surface area contributed by atoms with E-state index in [1.165, 1.54) is 4.09 Å². The average molecular weight is 642 g/mol. The van der Waals surface area contributed by atoms with Crippen LogP contribution in [0.15, 0.2) is 72.8 Å². The number of nitrogens with one attached hydrogen (secondary N) is 1. The van der Waals surface area contributed by atoms with Crippen LogP contribution < -0.4 is 5.32 Å². The van der Waals surface area contributed by atoms with Crippen molar-refractivity contribution < 1.29 is 19.1 Å². The number of ether oxygens (including phenoxy) is 1. The van der Waals surface area contributed by atoms with Crippen LogP contribution in [0.2, 0.25) is 0 Å². The summed E-state index contributed by atoms with van der Waals surface area (Å²) >= 11 is 6.78. The highest BCUT2D eigenvalue weighted by Crippen LogP contribution is 2.30. The number of para-hydroxylation sites is 2. The summed E-state index contributed by atoms with van der Waals surface area (Å²) in [5.41, 5.74) is 4.40. The largest absolute Gasteiger partial charge is 0.445 e. The maximum absolute atomic E-state index is 13.6. The zero-order valence-corrected chi connectivity index (χ0v) is 26.9. The molecule has 2 fully saturated rings. The van der Waals surface area contributed by atoms with Gasteiger partial charge in [0, 0.05) is 49.1 Å². The van der Waals surface area contributed by atoms with Gasteiger partial charge in [0.15, 0.2) is 0 Å². The molecule has 0 unspecified atom stereocenters. The number of carbonyl (C=O) groups is 3. The lowest BCUT2D eigenvalue weighted by atomic mass is 9.90. The van der Waals surface area contributed by atoms with Gasteiger partial charge in [0.1, 0.15) is 12.4 Å². The summed E-state index contributed by atoms with van der Waals surface area (Å²) in [6.07, 6.45) is 4.94. The molecule has 1 N–H and O–H groups in total. The first-order chi connectivity index (χ1) is 22.4. The highest BCUT2D eigenvalue weighted by Gasteiger charge is 2.28. The van der Waals surface area contributed by atoms with E-state index < -0.39 is 6.04 Å². The average Bonchev–Trinajstić information content (AvgIpc) is 3.75. The fraction of sp³-hybridized carbons (Fsp3) is 0.389. The lowest BCUT2D eigenvalue weighted by Gasteiger charge is -2.32. The van der Waals surface area contributed by atoms with Crippen LogP contribution in [0.5, 0.6) is 0 Å². The molecule has 2 saturated heterocycles. The summed E-state index contributed by atoms with van der Waals surface area (Å²) in [7, 11) is 0. The van der Waals surface area contributed by atoms with Crippen LogP contribution in [-0.4, -0.2) is 63.0 Å². The van der Waals surface area contributed by atoms with Gasteiger partial charge >= 0.3 is 6.09 Å². The number of benzene rings is 3. The van der Waals surface area contributed by atoms with Crippen molar-refractivity contribution >= 4 is 40.7 Å². The number of nitrogens with zero attached hydrogens (tertiary/aromatic N) is 4. The Morgan fingerprint density at radius 1 is 0.935 bits per heavy atom. The second-order valence-electron chi connectivity index (χ2n) is 12.3. The maximum Gasteiger partial charge on any atom is 0.410 e. The number of imidazole rings is 1. The Balaban J connectivity index is 1.11. The highest BCUT2D eigenvalue weighted by molar-refractivity contribution is 6.19. The molecule has 240 valence electrons. The Hall–Kier alpha value is -4.37. The van der Waals surface area contributed by atoms with Gasteiger partial charge in [-0.1, -0.05) is 42.5 Å². The summed E-state index contributed by atoms with van der Waals surface area (Å²) in [6.45, 7) is 4.95. The van der Waals surface area contributed by atoms with Gasteiger partial charge in [-0.2, -0.15) is 0 Å². The molecule has 46 heavy (non-hydrogen) atoms. The minimum Gasteiger partial charge on any atom is -0.445 e. The van der Waals surface area contributed by atoms with Crippen LogP contribution in [0.25, 0.3) is 11.0 Å². The Morgan fingerprint density at radius 3 is 2.37 bits per heavy atom. The van der Waals surface area contributed by atoms with Crippen molar-refractivity contribution in [2.45, 2.75) is 58.1 Å². The van der Waals surface area contributed by atoms with Crippen LogP contribution in [0, 0.1) is 12.8 Å². The second kappa shape index (κ2) is 14.4. The van der Waals surface area contributed by atoms with Crippen molar-refractivity contribution in [2.75, 3.05) is 26.2 Å². The first-order valence-corrected chi connectivity index (χ1v) is 16.5. The molecule has 2 aliphatic rings. The predicted octanol–water partition coefficient (Wildman–Crippen LogP) is 6.88. The number of rotatable bonds is 9. The van der Waals surface area contributed by atoms with Crippen molar-refractivity contribution in [3.63, 3.8) is 0 Å². The standard InChI is InChI=1S/C36H40ClN5O4/c1-25-23-28(14-15-29(25)35(44)40-19-7-8-20-40)34(43)39-31(33-38-30-11-5-6-12-32(30)42(33)37)16-13-26-17-21-41(22-18-26)36(45)46-24-27-9-3-2-4-10-27/h2-6,9-12,14-15,23,26,31H,7-8,13,16-22,24H2,1H3,(H,39,43)/t31-/m0/s1. The number of fused-ring (bicyclic) bond motifs is 1. The molecule has 0 saturated carbocycles. The molecule has 4 aromatic rings. The van der Waals surface area contributed by atoms with Gasteiger partial charge in [0.05, 0.1) is 17.1 Å². The third kappa shape index (κ3) is 7.20. The SMILES string of the molecule is Cc1cc(C(=O)N[C@@H](CCC2CCN(C(=O)OCc3ccccc3)CC2)c2nc3ccccc3n2Cl)ccc1C(=O)N1CCCC1. The molecule has 1 aromatic heterocycles. The summed E-state index contributed by atoms with van der Waals surface area (Å²) in [6, 6.07) is 22.1. The topological polar surface area (TPSA) is 96.8 Å². The number of aromatic nitrogens is 2. The van der Waals surface area contributed by atoms with E-state index in [0.717, 1.165) is 67.4 Å². The molecular formula is C36H40ClN5O4. The molecule has 9 nitrogen and oxygen atoms in total. The van der Waals surface area contributed by atoms with E-state index in [2.05, 4.69) is 5.32 Å². The fourth-order valence-corrected chi connectivity index (χ4v) is 6.79. The van der Waals surface area contributed by atoms with E-state index in [4.69, 9.17) is 21.5 Å².